The number of hydrogen-bond donors (Lipinski definition) is 1. The summed E-state index contributed by atoms with van der Waals surface area (Å²) in [4.78, 5) is 8.30. The molecule has 1 heterocycles. The summed E-state index contributed by atoms with van der Waals surface area (Å²) >= 11 is 0. The van der Waals surface area contributed by atoms with E-state index in [9.17, 15) is 0 Å². The molecule has 0 aromatic carbocycles. The van der Waals surface area contributed by atoms with E-state index in [2.05, 4.69) is 9.97 Å². The van der Waals surface area contributed by atoms with Crippen molar-refractivity contribution < 1.29 is 9.47 Å². The van der Waals surface area contributed by atoms with Crippen LogP contribution in [0.3, 0.4) is 0 Å². The Morgan fingerprint density at radius 3 is 2.71 bits per heavy atom. The highest BCUT2D eigenvalue weighted by atomic mass is 16.5. The Kier molecular flexibility index (Phi) is 3.78. The average Bonchev–Trinajstić information content (AvgIpc) is 2.64. The van der Waals surface area contributed by atoms with Gasteiger partial charge in [-0.3, -0.25) is 4.98 Å². The van der Waals surface area contributed by atoms with E-state index < -0.39 is 0 Å². The molecule has 0 radical (unpaired) electrons. The van der Waals surface area contributed by atoms with Crippen molar-refractivity contribution in [3.8, 4) is 11.8 Å². The van der Waals surface area contributed by atoms with Gasteiger partial charge in [-0.1, -0.05) is 0 Å². The van der Waals surface area contributed by atoms with Crippen LogP contribution in [0.2, 0.25) is 0 Å². The first kappa shape index (κ1) is 12.1. The first-order chi connectivity index (χ1) is 8.15. The van der Waals surface area contributed by atoms with Crippen molar-refractivity contribution in [2.24, 2.45) is 5.73 Å². The quantitative estimate of drug-likeness (QED) is 0.859. The first-order valence-corrected chi connectivity index (χ1v) is 6.06. The molecule has 0 aliphatic heterocycles. The molecule has 0 saturated heterocycles. The monoisotopic (exact) mass is 237 g/mol. The maximum atomic E-state index is 5.94. The van der Waals surface area contributed by atoms with Crippen molar-refractivity contribution in [1.29, 1.82) is 0 Å². The van der Waals surface area contributed by atoms with Crippen LogP contribution in [-0.4, -0.2) is 28.2 Å². The van der Waals surface area contributed by atoms with E-state index >= 15 is 0 Å². The molecule has 5 heteroatoms. The lowest BCUT2D eigenvalue weighted by atomic mass is 10.2. The van der Waals surface area contributed by atoms with Crippen molar-refractivity contribution in [3.05, 3.63) is 12.4 Å². The zero-order valence-corrected chi connectivity index (χ0v) is 10.3. The molecule has 5 nitrogen and oxygen atoms in total. The molecule has 94 valence electrons. The van der Waals surface area contributed by atoms with Gasteiger partial charge < -0.3 is 15.2 Å². The average molecular weight is 237 g/mol. The number of hydrogen-bond acceptors (Lipinski definition) is 5. The van der Waals surface area contributed by atoms with E-state index in [0.717, 1.165) is 19.3 Å². The zero-order chi connectivity index (χ0) is 12.3. The fourth-order valence-corrected chi connectivity index (χ4v) is 1.94. The van der Waals surface area contributed by atoms with Gasteiger partial charge in [0, 0.05) is 6.04 Å². The van der Waals surface area contributed by atoms with Crippen LogP contribution < -0.4 is 15.2 Å². The van der Waals surface area contributed by atoms with Crippen molar-refractivity contribution >= 4 is 0 Å². The third kappa shape index (κ3) is 3.30. The standard InChI is InChI=1S/C12H19N3O2/c1-8(2)16-11-6-14-7-12(15-11)17-10-5-3-4-9(10)13/h6-10H,3-5,13H2,1-2H3. The van der Waals surface area contributed by atoms with Gasteiger partial charge in [0.15, 0.2) is 0 Å². The normalized spacial score (nSPS) is 24.0. The highest BCUT2D eigenvalue weighted by molar-refractivity contribution is 5.13. The Balaban J connectivity index is 2.00. The van der Waals surface area contributed by atoms with Gasteiger partial charge in [-0.25, -0.2) is 0 Å². The molecule has 1 aliphatic carbocycles. The molecule has 2 rings (SSSR count). The van der Waals surface area contributed by atoms with Crippen LogP contribution in [-0.2, 0) is 0 Å². The highest BCUT2D eigenvalue weighted by Crippen LogP contribution is 2.23. The summed E-state index contributed by atoms with van der Waals surface area (Å²) in [6, 6.07) is 0.103. The number of rotatable bonds is 4. The lowest BCUT2D eigenvalue weighted by Gasteiger charge is -2.17. The van der Waals surface area contributed by atoms with Crippen LogP contribution in [0.25, 0.3) is 0 Å². The fourth-order valence-electron chi connectivity index (χ4n) is 1.94. The molecule has 2 atom stereocenters. The van der Waals surface area contributed by atoms with E-state index in [1.54, 1.807) is 12.4 Å². The van der Waals surface area contributed by atoms with E-state index in [1.165, 1.54) is 0 Å². The van der Waals surface area contributed by atoms with Crippen LogP contribution in [0.15, 0.2) is 12.4 Å². The Morgan fingerprint density at radius 1 is 1.29 bits per heavy atom. The molecule has 0 amide bonds. The summed E-state index contributed by atoms with van der Waals surface area (Å²) < 4.78 is 11.2. The summed E-state index contributed by atoms with van der Waals surface area (Å²) in [6.07, 6.45) is 6.42. The third-order valence-electron chi connectivity index (χ3n) is 2.72. The fraction of sp³-hybridized carbons (Fsp3) is 0.667. The van der Waals surface area contributed by atoms with E-state index in [1.807, 2.05) is 13.8 Å². The molecule has 1 fully saturated rings. The molecule has 0 bridgehead atoms. The number of ether oxygens (including phenoxy) is 2. The lowest BCUT2D eigenvalue weighted by Crippen LogP contribution is -2.33. The Bertz CT molecular complexity index is 371. The summed E-state index contributed by atoms with van der Waals surface area (Å²) in [7, 11) is 0. The van der Waals surface area contributed by atoms with Gasteiger partial charge >= 0.3 is 0 Å². The summed E-state index contributed by atoms with van der Waals surface area (Å²) in [6.45, 7) is 3.89. The van der Waals surface area contributed by atoms with E-state index in [-0.39, 0.29) is 18.2 Å². The smallest absolute Gasteiger partial charge is 0.235 e. The molecule has 2 N–H and O–H groups in total. The molecule has 1 saturated carbocycles. The van der Waals surface area contributed by atoms with Gasteiger partial charge in [0.2, 0.25) is 11.8 Å². The SMILES string of the molecule is CC(C)Oc1cncc(OC2CCCC2N)n1. The molecule has 0 spiro atoms. The predicted molar refractivity (Wildman–Crippen MR) is 64.0 cm³/mol. The Morgan fingerprint density at radius 2 is 2.06 bits per heavy atom. The van der Waals surface area contributed by atoms with E-state index in [4.69, 9.17) is 15.2 Å². The first-order valence-electron chi connectivity index (χ1n) is 6.06. The second-order valence-electron chi connectivity index (χ2n) is 4.61. The largest absolute Gasteiger partial charge is 0.474 e. The Hall–Kier alpha value is -1.36. The van der Waals surface area contributed by atoms with Gasteiger partial charge in [-0.2, -0.15) is 4.98 Å². The van der Waals surface area contributed by atoms with Crippen LogP contribution in [0.4, 0.5) is 0 Å². The number of nitrogens with zero attached hydrogens (tertiary/aromatic N) is 2. The maximum absolute atomic E-state index is 5.94. The van der Waals surface area contributed by atoms with Crippen LogP contribution >= 0.6 is 0 Å². The maximum Gasteiger partial charge on any atom is 0.235 e. The van der Waals surface area contributed by atoms with Crippen molar-refractivity contribution in [1.82, 2.24) is 9.97 Å². The third-order valence-corrected chi connectivity index (χ3v) is 2.72. The number of nitrogens with two attached hydrogens (primary N) is 1. The zero-order valence-electron chi connectivity index (χ0n) is 10.3. The molecule has 2 unspecified atom stereocenters. The topological polar surface area (TPSA) is 70.3 Å². The van der Waals surface area contributed by atoms with Gasteiger partial charge in [0.25, 0.3) is 0 Å². The highest BCUT2D eigenvalue weighted by Gasteiger charge is 2.26. The molecular formula is C12H19N3O2. The molecular weight excluding hydrogens is 218 g/mol. The summed E-state index contributed by atoms with van der Waals surface area (Å²) in [5.41, 5.74) is 5.94. The van der Waals surface area contributed by atoms with Gasteiger partial charge in [-0.05, 0) is 33.1 Å². The van der Waals surface area contributed by atoms with E-state index in [0.29, 0.717) is 11.8 Å². The van der Waals surface area contributed by atoms with Crippen LogP contribution in [0, 0.1) is 0 Å². The van der Waals surface area contributed by atoms with Crippen LogP contribution in [0.1, 0.15) is 33.1 Å². The van der Waals surface area contributed by atoms with Crippen molar-refractivity contribution in [3.63, 3.8) is 0 Å². The van der Waals surface area contributed by atoms with Crippen LogP contribution in [0.5, 0.6) is 11.8 Å². The Labute approximate surface area is 101 Å². The minimum absolute atomic E-state index is 0.0543. The summed E-state index contributed by atoms with van der Waals surface area (Å²) in [5, 5.41) is 0. The second-order valence-corrected chi connectivity index (χ2v) is 4.61. The van der Waals surface area contributed by atoms with Gasteiger partial charge in [0.1, 0.15) is 6.10 Å². The molecule has 1 aliphatic rings. The molecule has 17 heavy (non-hydrogen) atoms. The lowest BCUT2D eigenvalue weighted by molar-refractivity contribution is 0.176. The minimum Gasteiger partial charge on any atom is -0.474 e. The summed E-state index contributed by atoms with van der Waals surface area (Å²) in [5.74, 6) is 0.981. The number of aromatic nitrogens is 2. The molecule has 1 aromatic rings. The van der Waals surface area contributed by atoms with Gasteiger partial charge in [-0.15, -0.1) is 0 Å². The predicted octanol–water partition coefficient (Wildman–Crippen LogP) is 1.52. The minimum atomic E-state index is 0.0543. The molecule has 1 aromatic heterocycles. The second kappa shape index (κ2) is 5.31. The van der Waals surface area contributed by atoms with Crippen molar-refractivity contribution in [2.45, 2.75) is 51.4 Å². The van der Waals surface area contributed by atoms with Crippen molar-refractivity contribution in [2.75, 3.05) is 0 Å². The van der Waals surface area contributed by atoms with Gasteiger partial charge in [0.05, 0.1) is 18.5 Å².